The summed E-state index contributed by atoms with van der Waals surface area (Å²) in [4.78, 5) is 7.81. The number of hydrogen-bond acceptors (Lipinski definition) is 8. The number of hydrogen-bond donors (Lipinski definition) is 4. The van der Waals surface area contributed by atoms with Gasteiger partial charge < -0.3 is 16.0 Å². The van der Waals surface area contributed by atoms with Gasteiger partial charge >= 0.3 is 0 Å². The summed E-state index contributed by atoms with van der Waals surface area (Å²) in [7, 11) is -4.05. The second-order valence-corrected chi connectivity index (χ2v) is 7.71. The van der Waals surface area contributed by atoms with E-state index in [0.717, 1.165) is 0 Å². The summed E-state index contributed by atoms with van der Waals surface area (Å²) in [6, 6.07) is 10.3. The molecule has 3 aromatic rings. The van der Waals surface area contributed by atoms with Gasteiger partial charge in [0, 0.05) is 11.1 Å². The van der Waals surface area contributed by atoms with Gasteiger partial charge in [-0.25, -0.2) is 17.8 Å². The number of rotatable bonds is 7. The minimum absolute atomic E-state index is 0.106. The third-order valence-electron chi connectivity index (χ3n) is 4.00. The van der Waals surface area contributed by atoms with Crippen molar-refractivity contribution in [2.24, 2.45) is 0 Å². The van der Waals surface area contributed by atoms with Crippen LogP contribution in [0.4, 0.5) is 10.2 Å². The zero-order valence-electron chi connectivity index (χ0n) is 15.0. The van der Waals surface area contributed by atoms with E-state index in [0.29, 0.717) is 10.6 Å². The number of nitrogens with two attached hydrogens (primary N) is 1. The van der Waals surface area contributed by atoms with Crippen molar-refractivity contribution in [3.05, 3.63) is 60.7 Å². The normalized spacial score (nSPS) is 11.7. The van der Waals surface area contributed by atoms with Crippen LogP contribution in [0.25, 0.3) is 22.4 Å². The predicted molar refractivity (Wildman–Crippen MR) is 103 cm³/mol. The van der Waals surface area contributed by atoms with Crippen molar-refractivity contribution < 1.29 is 23.1 Å². The summed E-state index contributed by atoms with van der Waals surface area (Å²) in [5.41, 5.74) is 6.57. The van der Waals surface area contributed by atoms with Crippen LogP contribution in [0.1, 0.15) is 0 Å². The van der Waals surface area contributed by atoms with Gasteiger partial charge in [0.2, 0.25) is 10.0 Å². The number of nitrogens with zero attached hydrogens (tertiary/aromatic N) is 3. The molecule has 0 aliphatic heterocycles. The molecule has 0 spiro atoms. The van der Waals surface area contributed by atoms with Gasteiger partial charge in [0.15, 0.2) is 0 Å². The fraction of sp³-hybridized carbons (Fsp3) is 0.111. The lowest BCUT2D eigenvalue weighted by Crippen LogP contribution is -2.36. The average Bonchev–Trinajstić information content (AvgIpc) is 2.73. The minimum Gasteiger partial charge on any atom is -0.382 e. The minimum atomic E-state index is -4.05. The fourth-order valence-corrected chi connectivity index (χ4v) is 3.80. The molecule has 0 unspecified atom stereocenters. The molecule has 0 aliphatic carbocycles. The van der Waals surface area contributed by atoms with Crippen LogP contribution in [-0.2, 0) is 10.0 Å². The molecule has 1 heterocycles. The highest BCUT2D eigenvalue weighted by molar-refractivity contribution is 7.89. The van der Waals surface area contributed by atoms with Crippen molar-refractivity contribution in [2.75, 3.05) is 19.1 Å². The smallest absolute Gasteiger partial charge is 0.242 e. The largest absolute Gasteiger partial charge is 0.382 e. The molecule has 0 fully saturated rings. The maximum absolute atomic E-state index is 14.7. The predicted octanol–water partition coefficient (Wildman–Crippen LogP) is 1.41. The Morgan fingerprint density at radius 3 is 2.52 bits per heavy atom. The maximum atomic E-state index is 14.7. The van der Waals surface area contributed by atoms with Crippen molar-refractivity contribution in [2.45, 2.75) is 4.90 Å². The van der Waals surface area contributed by atoms with E-state index in [9.17, 15) is 18.0 Å². The van der Waals surface area contributed by atoms with Gasteiger partial charge in [0.05, 0.1) is 29.7 Å². The number of sulfonamides is 1. The summed E-state index contributed by atoms with van der Waals surface area (Å²) >= 11 is 0. The first-order valence-corrected chi connectivity index (χ1v) is 9.81. The van der Waals surface area contributed by atoms with Gasteiger partial charge in [-0.05, 0) is 23.8 Å². The first-order chi connectivity index (χ1) is 13.8. The summed E-state index contributed by atoms with van der Waals surface area (Å²) < 4.78 is 42.1. The zero-order chi connectivity index (χ0) is 21.0. The monoisotopic (exact) mass is 419 g/mol. The molecule has 1 aromatic heterocycles. The number of hydroxylamine groups is 2. The Morgan fingerprint density at radius 1 is 1.10 bits per heavy atom. The summed E-state index contributed by atoms with van der Waals surface area (Å²) in [6.07, 6.45) is 2.66. The van der Waals surface area contributed by atoms with E-state index in [4.69, 9.17) is 10.8 Å². The van der Waals surface area contributed by atoms with Gasteiger partial charge in [-0.2, -0.15) is 9.79 Å². The number of nitrogen functional groups attached to an aromatic ring is 1. The number of benzene rings is 2. The van der Waals surface area contributed by atoms with Crippen LogP contribution in [0.5, 0.6) is 0 Å². The molecule has 0 amide bonds. The van der Waals surface area contributed by atoms with Gasteiger partial charge in [-0.1, -0.05) is 24.3 Å². The Hall–Kier alpha value is -2.96. The van der Waals surface area contributed by atoms with Crippen molar-refractivity contribution in [1.82, 2.24) is 19.8 Å². The van der Waals surface area contributed by atoms with Crippen LogP contribution in [0.3, 0.4) is 0 Å². The third kappa shape index (κ3) is 4.72. The maximum Gasteiger partial charge on any atom is 0.242 e. The second kappa shape index (κ2) is 8.59. The average molecular weight is 419 g/mol. The Bertz CT molecular complexity index is 1110. The Morgan fingerprint density at radius 2 is 1.86 bits per heavy atom. The van der Waals surface area contributed by atoms with Crippen LogP contribution in [0.15, 0.2) is 59.8 Å². The first kappa shape index (κ1) is 20.8. The van der Waals surface area contributed by atoms with Crippen molar-refractivity contribution in [1.29, 1.82) is 0 Å². The highest BCUT2D eigenvalue weighted by Crippen LogP contribution is 2.31. The first-order valence-electron chi connectivity index (χ1n) is 8.33. The zero-order valence-corrected chi connectivity index (χ0v) is 15.8. The number of aliphatic hydroxyl groups is 1. The second-order valence-electron chi connectivity index (χ2n) is 5.97. The molecule has 0 bridgehead atoms. The van der Waals surface area contributed by atoms with Crippen molar-refractivity contribution >= 4 is 15.8 Å². The molecule has 0 saturated carbocycles. The standard InChI is InChI=1S/C18H18FN5O4S/c19-15-7-12(5-6-14(15)16-8-22-18(20)9-21-16)13-3-1-2-4-17(13)29(27,28)23-10-24(26)11-25/h1-9,23,25-26H,10-11H2,(H2,20,22). The molecular formula is C18H18FN5O4S. The fourth-order valence-electron chi connectivity index (χ4n) is 2.59. The van der Waals surface area contributed by atoms with E-state index >= 15 is 0 Å². The van der Waals surface area contributed by atoms with E-state index < -0.39 is 29.2 Å². The molecular weight excluding hydrogens is 401 g/mol. The number of anilines is 1. The SMILES string of the molecule is Nc1cnc(-c2ccc(-c3ccccc3S(=O)(=O)NCN(O)CO)cc2F)cn1. The quantitative estimate of drug-likeness (QED) is 0.333. The van der Waals surface area contributed by atoms with Crippen molar-refractivity contribution in [3.63, 3.8) is 0 Å². The molecule has 0 saturated heterocycles. The molecule has 152 valence electrons. The highest BCUT2D eigenvalue weighted by Gasteiger charge is 2.20. The number of aromatic nitrogens is 2. The topological polar surface area (TPSA) is 142 Å². The third-order valence-corrected chi connectivity index (χ3v) is 5.45. The van der Waals surface area contributed by atoms with E-state index in [1.807, 2.05) is 0 Å². The lowest BCUT2D eigenvalue weighted by atomic mass is 10.0. The molecule has 29 heavy (non-hydrogen) atoms. The summed E-state index contributed by atoms with van der Waals surface area (Å²) in [6.45, 7) is -1.26. The number of aliphatic hydroxyl groups excluding tert-OH is 1. The van der Waals surface area contributed by atoms with Gasteiger partial charge in [0.25, 0.3) is 0 Å². The molecule has 0 radical (unpaired) electrons. The molecule has 0 aliphatic rings. The number of nitrogens with one attached hydrogen (secondary N) is 1. The van der Waals surface area contributed by atoms with Crippen LogP contribution < -0.4 is 10.5 Å². The molecule has 2 aromatic carbocycles. The summed E-state index contributed by atoms with van der Waals surface area (Å²) in [5.74, 6) is -0.399. The van der Waals surface area contributed by atoms with E-state index in [-0.39, 0.29) is 27.5 Å². The van der Waals surface area contributed by atoms with Crippen LogP contribution in [-0.4, -0.2) is 47.2 Å². The van der Waals surface area contributed by atoms with Gasteiger partial charge in [0.1, 0.15) is 18.4 Å². The highest BCUT2D eigenvalue weighted by atomic mass is 32.2. The Balaban J connectivity index is 1.98. The van der Waals surface area contributed by atoms with Crippen LogP contribution in [0, 0.1) is 5.82 Å². The van der Waals surface area contributed by atoms with Gasteiger partial charge in [-0.3, -0.25) is 4.98 Å². The molecule has 11 heteroatoms. The Kier molecular flexibility index (Phi) is 6.15. The number of halogens is 1. The Labute approximate surface area is 166 Å². The molecule has 0 atom stereocenters. The lowest BCUT2D eigenvalue weighted by molar-refractivity contribution is -0.143. The van der Waals surface area contributed by atoms with Crippen LogP contribution in [0.2, 0.25) is 0 Å². The molecule has 5 N–H and O–H groups in total. The van der Waals surface area contributed by atoms with Crippen molar-refractivity contribution in [3.8, 4) is 22.4 Å². The van der Waals surface area contributed by atoms with E-state index in [1.165, 1.54) is 42.7 Å². The van der Waals surface area contributed by atoms with E-state index in [2.05, 4.69) is 14.7 Å². The molecule has 3 rings (SSSR count). The summed E-state index contributed by atoms with van der Waals surface area (Å²) in [5, 5.41) is 18.4. The molecule has 9 nitrogen and oxygen atoms in total. The van der Waals surface area contributed by atoms with E-state index in [1.54, 1.807) is 12.1 Å². The van der Waals surface area contributed by atoms with Crippen LogP contribution >= 0.6 is 0 Å². The van der Waals surface area contributed by atoms with Gasteiger partial charge in [-0.15, -0.1) is 0 Å². The lowest BCUT2D eigenvalue weighted by Gasteiger charge is -2.15.